The van der Waals surface area contributed by atoms with Crippen molar-refractivity contribution in [2.45, 2.75) is 70.8 Å². The summed E-state index contributed by atoms with van der Waals surface area (Å²) in [7, 11) is 1.82. The molecule has 0 aromatic heterocycles. The van der Waals surface area contributed by atoms with Crippen molar-refractivity contribution < 1.29 is 9.53 Å². The van der Waals surface area contributed by atoms with Crippen molar-refractivity contribution in [1.29, 1.82) is 0 Å². The molecule has 18 heavy (non-hydrogen) atoms. The first-order chi connectivity index (χ1) is 8.74. The SMILES string of the molecule is CC[C@H](CCCC[C@@H]1CC[C@@H]2CC(=O)C[C@H]12)OC. The Bertz CT molecular complexity index is 270. The van der Waals surface area contributed by atoms with Crippen LogP contribution in [0.5, 0.6) is 0 Å². The summed E-state index contributed by atoms with van der Waals surface area (Å²) in [5, 5.41) is 0. The second-order valence-corrected chi connectivity index (χ2v) is 6.26. The van der Waals surface area contributed by atoms with Gasteiger partial charge in [-0.1, -0.05) is 26.2 Å². The number of methoxy groups -OCH3 is 1. The van der Waals surface area contributed by atoms with Crippen molar-refractivity contribution >= 4 is 5.78 Å². The second kappa shape index (κ2) is 6.70. The van der Waals surface area contributed by atoms with Crippen LogP contribution in [0.4, 0.5) is 0 Å². The number of Topliss-reactive ketones (excluding diaryl/α,β-unsaturated/α-hetero) is 1. The van der Waals surface area contributed by atoms with Gasteiger partial charge in [0, 0.05) is 20.0 Å². The summed E-state index contributed by atoms with van der Waals surface area (Å²) in [5.41, 5.74) is 0. The first kappa shape index (κ1) is 14.0. The Hall–Kier alpha value is -0.370. The summed E-state index contributed by atoms with van der Waals surface area (Å²) in [4.78, 5) is 11.5. The number of ketones is 1. The van der Waals surface area contributed by atoms with E-state index in [-0.39, 0.29) is 0 Å². The van der Waals surface area contributed by atoms with E-state index in [0.29, 0.717) is 11.9 Å². The van der Waals surface area contributed by atoms with Gasteiger partial charge in [-0.15, -0.1) is 0 Å². The van der Waals surface area contributed by atoms with Gasteiger partial charge in [-0.05, 0) is 43.4 Å². The van der Waals surface area contributed by atoms with E-state index in [4.69, 9.17) is 4.74 Å². The molecular weight excluding hydrogens is 224 g/mol. The Morgan fingerprint density at radius 1 is 1.28 bits per heavy atom. The molecule has 2 nitrogen and oxygen atoms in total. The molecular formula is C16H28O2. The van der Waals surface area contributed by atoms with Crippen LogP contribution < -0.4 is 0 Å². The normalized spacial score (nSPS) is 32.8. The lowest BCUT2D eigenvalue weighted by Gasteiger charge is -2.18. The summed E-state index contributed by atoms with van der Waals surface area (Å²) in [5.74, 6) is 2.89. The molecule has 0 bridgehead atoms. The van der Waals surface area contributed by atoms with Crippen molar-refractivity contribution in [3.05, 3.63) is 0 Å². The molecule has 2 saturated carbocycles. The number of carbonyl (C=O) groups is 1. The molecule has 2 aliphatic carbocycles. The fourth-order valence-electron chi connectivity index (χ4n) is 4.09. The lowest BCUT2D eigenvalue weighted by molar-refractivity contribution is -0.118. The zero-order valence-electron chi connectivity index (χ0n) is 12.0. The molecule has 0 heterocycles. The maximum absolute atomic E-state index is 11.5. The summed E-state index contributed by atoms with van der Waals surface area (Å²) in [6.07, 6.45) is 11.2. The summed E-state index contributed by atoms with van der Waals surface area (Å²) >= 11 is 0. The number of fused-ring (bicyclic) bond motifs is 1. The number of rotatable bonds is 7. The maximum Gasteiger partial charge on any atom is 0.133 e. The van der Waals surface area contributed by atoms with Crippen LogP contribution in [0.2, 0.25) is 0 Å². The number of hydrogen-bond acceptors (Lipinski definition) is 2. The molecule has 4 atom stereocenters. The highest BCUT2D eigenvalue weighted by Crippen LogP contribution is 2.47. The first-order valence-corrected chi connectivity index (χ1v) is 7.79. The standard InChI is InChI=1S/C16H28O2/c1-3-15(18-2)7-5-4-6-12-8-9-13-10-14(17)11-16(12)13/h12-13,15-16H,3-11H2,1-2H3/t12-,13-,15-,16-/m1/s1. The monoisotopic (exact) mass is 252 g/mol. The molecule has 0 radical (unpaired) electrons. The van der Waals surface area contributed by atoms with Gasteiger partial charge in [-0.2, -0.15) is 0 Å². The topological polar surface area (TPSA) is 26.3 Å². The first-order valence-electron chi connectivity index (χ1n) is 7.79. The van der Waals surface area contributed by atoms with Crippen LogP contribution in [0.1, 0.15) is 64.7 Å². The number of ether oxygens (including phenoxy) is 1. The van der Waals surface area contributed by atoms with Crippen LogP contribution in [0.15, 0.2) is 0 Å². The van der Waals surface area contributed by atoms with E-state index in [0.717, 1.165) is 37.0 Å². The average Bonchev–Trinajstić information content (AvgIpc) is 2.89. The number of unbranched alkanes of at least 4 members (excludes halogenated alkanes) is 1. The fraction of sp³-hybridized carbons (Fsp3) is 0.938. The minimum atomic E-state index is 0.453. The Balaban J connectivity index is 1.64. The van der Waals surface area contributed by atoms with Crippen LogP contribution in [0.25, 0.3) is 0 Å². The van der Waals surface area contributed by atoms with Crippen LogP contribution in [0, 0.1) is 17.8 Å². The highest BCUT2D eigenvalue weighted by Gasteiger charge is 2.42. The van der Waals surface area contributed by atoms with E-state index in [1.54, 1.807) is 0 Å². The van der Waals surface area contributed by atoms with E-state index in [1.807, 2.05) is 7.11 Å². The minimum absolute atomic E-state index is 0.453. The molecule has 0 N–H and O–H groups in total. The van der Waals surface area contributed by atoms with Gasteiger partial charge in [-0.3, -0.25) is 4.79 Å². The van der Waals surface area contributed by atoms with Crippen molar-refractivity contribution in [3.63, 3.8) is 0 Å². The molecule has 104 valence electrons. The summed E-state index contributed by atoms with van der Waals surface area (Å²) < 4.78 is 5.41. The fourth-order valence-corrected chi connectivity index (χ4v) is 4.09. The number of hydrogen-bond donors (Lipinski definition) is 0. The lowest BCUT2D eigenvalue weighted by Crippen LogP contribution is -2.11. The molecule has 2 aliphatic rings. The minimum Gasteiger partial charge on any atom is -0.381 e. The van der Waals surface area contributed by atoms with Crippen LogP contribution in [0.3, 0.4) is 0 Å². The van der Waals surface area contributed by atoms with Crippen LogP contribution in [-0.4, -0.2) is 19.0 Å². The Morgan fingerprint density at radius 3 is 2.83 bits per heavy atom. The average molecular weight is 252 g/mol. The Kier molecular flexibility index (Phi) is 5.23. The van der Waals surface area contributed by atoms with Crippen molar-refractivity contribution in [2.75, 3.05) is 7.11 Å². The predicted octanol–water partition coefficient (Wildman–Crippen LogP) is 3.98. The largest absolute Gasteiger partial charge is 0.381 e. The molecule has 0 unspecified atom stereocenters. The molecule has 0 amide bonds. The molecule has 2 heteroatoms. The van der Waals surface area contributed by atoms with Gasteiger partial charge in [0.2, 0.25) is 0 Å². The second-order valence-electron chi connectivity index (χ2n) is 6.26. The predicted molar refractivity (Wildman–Crippen MR) is 73.5 cm³/mol. The van der Waals surface area contributed by atoms with Gasteiger partial charge in [0.1, 0.15) is 5.78 Å². The smallest absolute Gasteiger partial charge is 0.133 e. The highest BCUT2D eigenvalue weighted by molar-refractivity contribution is 5.81. The van der Waals surface area contributed by atoms with Gasteiger partial charge < -0.3 is 4.74 Å². The van der Waals surface area contributed by atoms with Gasteiger partial charge >= 0.3 is 0 Å². The molecule has 0 spiro atoms. The number of carbonyl (C=O) groups excluding carboxylic acids is 1. The molecule has 2 fully saturated rings. The van der Waals surface area contributed by atoms with E-state index in [2.05, 4.69) is 6.92 Å². The zero-order valence-corrected chi connectivity index (χ0v) is 12.0. The Morgan fingerprint density at radius 2 is 2.11 bits per heavy atom. The van der Waals surface area contributed by atoms with Gasteiger partial charge in [0.15, 0.2) is 0 Å². The van der Waals surface area contributed by atoms with Crippen molar-refractivity contribution in [3.8, 4) is 0 Å². The lowest BCUT2D eigenvalue weighted by atomic mass is 9.88. The summed E-state index contributed by atoms with van der Waals surface area (Å²) in [6.45, 7) is 2.19. The third-order valence-electron chi connectivity index (χ3n) is 5.21. The van der Waals surface area contributed by atoms with E-state index in [1.165, 1.54) is 38.5 Å². The molecule has 2 rings (SSSR count). The van der Waals surface area contributed by atoms with Gasteiger partial charge in [0.25, 0.3) is 0 Å². The maximum atomic E-state index is 11.5. The van der Waals surface area contributed by atoms with Gasteiger partial charge in [0.05, 0.1) is 6.10 Å². The van der Waals surface area contributed by atoms with E-state index >= 15 is 0 Å². The molecule has 0 aromatic carbocycles. The third kappa shape index (κ3) is 3.34. The zero-order chi connectivity index (χ0) is 13.0. The molecule has 0 saturated heterocycles. The third-order valence-corrected chi connectivity index (χ3v) is 5.21. The van der Waals surface area contributed by atoms with Crippen molar-refractivity contribution in [2.24, 2.45) is 17.8 Å². The van der Waals surface area contributed by atoms with Crippen LogP contribution in [-0.2, 0) is 9.53 Å². The molecule has 0 aromatic rings. The quantitative estimate of drug-likeness (QED) is 0.641. The van der Waals surface area contributed by atoms with E-state index < -0.39 is 0 Å². The van der Waals surface area contributed by atoms with E-state index in [9.17, 15) is 4.79 Å². The molecule has 0 aliphatic heterocycles. The summed E-state index contributed by atoms with van der Waals surface area (Å²) in [6, 6.07) is 0. The van der Waals surface area contributed by atoms with Crippen LogP contribution >= 0.6 is 0 Å². The Labute approximate surface area is 111 Å². The van der Waals surface area contributed by atoms with Gasteiger partial charge in [-0.25, -0.2) is 0 Å². The van der Waals surface area contributed by atoms with Crippen molar-refractivity contribution in [1.82, 2.24) is 0 Å². The highest BCUT2D eigenvalue weighted by atomic mass is 16.5.